The average molecular weight is 249 g/mol. The van der Waals surface area contributed by atoms with Gasteiger partial charge in [-0.1, -0.05) is 41.9 Å². The zero-order chi connectivity index (χ0) is 12.4. The third-order valence-corrected chi connectivity index (χ3v) is 3.20. The number of halogens is 1. The van der Waals surface area contributed by atoms with Gasteiger partial charge in [-0.15, -0.1) is 0 Å². The SMILES string of the molecule is CC(C)n1c(-c2ccccc2)cc(Cl)c1CN. The highest BCUT2D eigenvalue weighted by molar-refractivity contribution is 6.31. The van der Waals surface area contributed by atoms with E-state index in [0.717, 1.165) is 16.4 Å². The first-order chi connectivity index (χ1) is 8.15. The van der Waals surface area contributed by atoms with Crippen LogP contribution < -0.4 is 5.73 Å². The van der Waals surface area contributed by atoms with E-state index in [-0.39, 0.29) is 0 Å². The third-order valence-electron chi connectivity index (χ3n) is 2.87. The van der Waals surface area contributed by atoms with Gasteiger partial charge in [0, 0.05) is 12.6 Å². The lowest BCUT2D eigenvalue weighted by Gasteiger charge is -2.16. The summed E-state index contributed by atoms with van der Waals surface area (Å²) in [6.45, 7) is 4.74. The molecule has 1 aromatic heterocycles. The molecular weight excluding hydrogens is 232 g/mol. The summed E-state index contributed by atoms with van der Waals surface area (Å²) in [5.74, 6) is 0. The fraction of sp³-hybridized carbons (Fsp3) is 0.286. The first kappa shape index (κ1) is 12.2. The van der Waals surface area contributed by atoms with Crippen LogP contribution in [0.3, 0.4) is 0 Å². The highest BCUT2D eigenvalue weighted by atomic mass is 35.5. The normalized spacial score (nSPS) is 11.1. The minimum atomic E-state index is 0.344. The van der Waals surface area contributed by atoms with Crippen molar-refractivity contribution in [3.8, 4) is 11.3 Å². The summed E-state index contributed by atoms with van der Waals surface area (Å²) in [4.78, 5) is 0. The van der Waals surface area contributed by atoms with Crippen molar-refractivity contribution < 1.29 is 0 Å². The van der Waals surface area contributed by atoms with Crippen molar-refractivity contribution in [2.45, 2.75) is 26.4 Å². The second kappa shape index (κ2) is 4.94. The van der Waals surface area contributed by atoms with E-state index in [0.29, 0.717) is 12.6 Å². The summed E-state index contributed by atoms with van der Waals surface area (Å²) in [5.41, 5.74) is 9.08. The van der Waals surface area contributed by atoms with Crippen molar-refractivity contribution >= 4 is 11.6 Å². The second-order valence-electron chi connectivity index (χ2n) is 4.36. The van der Waals surface area contributed by atoms with Crippen LogP contribution in [-0.2, 0) is 6.54 Å². The Morgan fingerprint density at radius 2 is 1.88 bits per heavy atom. The Balaban J connectivity index is 2.62. The zero-order valence-electron chi connectivity index (χ0n) is 10.2. The van der Waals surface area contributed by atoms with Gasteiger partial charge in [0.2, 0.25) is 0 Å². The first-order valence-electron chi connectivity index (χ1n) is 5.80. The molecule has 1 heterocycles. The topological polar surface area (TPSA) is 30.9 Å². The highest BCUT2D eigenvalue weighted by Gasteiger charge is 2.15. The summed E-state index contributed by atoms with van der Waals surface area (Å²) < 4.78 is 2.21. The molecule has 2 nitrogen and oxygen atoms in total. The number of benzene rings is 1. The van der Waals surface area contributed by atoms with E-state index in [1.54, 1.807) is 0 Å². The lowest BCUT2D eigenvalue weighted by atomic mass is 10.1. The molecule has 0 amide bonds. The minimum Gasteiger partial charge on any atom is -0.339 e. The highest BCUT2D eigenvalue weighted by Crippen LogP contribution is 2.31. The van der Waals surface area contributed by atoms with E-state index in [1.165, 1.54) is 5.56 Å². The number of rotatable bonds is 3. The zero-order valence-corrected chi connectivity index (χ0v) is 10.9. The van der Waals surface area contributed by atoms with Crippen LogP contribution in [0, 0.1) is 0 Å². The van der Waals surface area contributed by atoms with Crippen molar-refractivity contribution in [3.05, 3.63) is 47.1 Å². The number of aromatic nitrogens is 1. The van der Waals surface area contributed by atoms with Crippen LogP contribution in [0.5, 0.6) is 0 Å². The number of hydrogen-bond acceptors (Lipinski definition) is 1. The maximum atomic E-state index is 6.24. The molecule has 0 aliphatic carbocycles. The molecule has 0 bridgehead atoms. The molecule has 17 heavy (non-hydrogen) atoms. The monoisotopic (exact) mass is 248 g/mol. The van der Waals surface area contributed by atoms with E-state index >= 15 is 0 Å². The molecular formula is C14H17ClN2. The second-order valence-corrected chi connectivity index (χ2v) is 4.77. The maximum absolute atomic E-state index is 6.24. The minimum absolute atomic E-state index is 0.344. The van der Waals surface area contributed by atoms with Gasteiger partial charge in [-0.25, -0.2) is 0 Å². The van der Waals surface area contributed by atoms with Gasteiger partial charge < -0.3 is 10.3 Å². The molecule has 0 saturated heterocycles. The maximum Gasteiger partial charge on any atom is 0.0635 e. The lowest BCUT2D eigenvalue weighted by molar-refractivity contribution is 0.583. The molecule has 0 saturated carbocycles. The van der Waals surface area contributed by atoms with Gasteiger partial charge >= 0.3 is 0 Å². The standard InChI is InChI=1S/C14H17ClN2/c1-10(2)17-13(8-12(15)14(17)9-16)11-6-4-3-5-7-11/h3-8,10H,9,16H2,1-2H3. The molecule has 3 heteroatoms. The summed E-state index contributed by atoms with van der Waals surface area (Å²) in [6.07, 6.45) is 0. The van der Waals surface area contributed by atoms with Crippen LogP contribution in [0.4, 0.5) is 0 Å². The number of nitrogens with zero attached hydrogens (tertiary/aromatic N) is 1. The van der Waals surface area contributed by atoms with Crippen LogP contribution in [-0.4, -0.2) is 4.57 Å². The van der Waals surface area contributed by atoms with Crippen LogP contribution in [0.15, 0.2) is 36.4 Å². The van der Waals surface area contributed by atoms with Crippen LogP contribution in [0.25, 0.3) is 11.3 Å². The first-order valence-corrected chi connectivity index (χ1v) is 6.18. The van der Waals surface area contributed by atoms with Gasteiger partial charge in [0.15, 0.2) is 0 Å². The summed E-state index contributed by atoms with van der Waals surface area (Å²) in [5, 5.41) is 0.750. The molecule has 0 aliphatic heterocycles. The molecule has 2 N–H and O–H groups in total. The molecule has 0 fully saturated rings. The van der Waals surface area contributed by atoms with Crippen molar-refractivity contribution in [2.24, 2.45) is 5.73 Å². The van der Waals surface area contributed by atoms with Gasteiger partial charge in [-0.2, -0.15) is 0 Å². The van der Waals surface area contributed by atoms with E-state index in [2.05, 4.69) is 30.5 Å². The summed E-state index contributed by atoms with van der Waals surface area (Å²) in [6, 6.07) is 12.6. The average Bonchev–Trinajstić information content (AvgIpc) is 2.67. The Kier molecular flexibility index (Phi) is 3.55. The third kappa shape index (κ3) is 2.24. The van der Waals surface area contributed by atoms with E-state index in [9.17, 15) is 0 Å². The largest absolute Gasteiger partial charge is 0.339 e. The lowest BCUT2D eigenvalue weighted by Crippen LogP contribution is -2.10. The Hall–Kier alpha value is -1.25. The smallest absolute Gasteiger partial charge is 0.0635 e. The number of hydrogen-bond donors (Lipinski definition) is 1. The van der Waals surface area contributed by atoms with Gasteiger partial charge in [0.05, 0.1) is 16.4 Å². The van der Waals surface area contributed by atoms with Crippen LogP contribution in [0.2, 0.25) is 5.02 Å². The Bertz CT molecular complexity index is 500. The predicted molar refractivity (Wildman–Crippen MR) is 73.2 cm³/mol. The fourth-order valence-corrected chi connectivity index (χ4v) is 2.42. The van der Waals surface area contributed by atoms with Gasteiger partial charge in [-0.05, 0) is 25.5 Å². The molecule has 90 valence electrons. The summed E-state index contributed by atoms with van der Waals surface area (Å²) in [7, 11) is 0. The molecule has 0 aliphatic rings. The molecule has 0 atom stereocenters. The van der Waals surface area contributed by atoms with Crippen molar-refractivity contribution in [1.82, 2.24) is 4.57 Å². The van der Waals surface area contributed by atoms with Gasteiger partial charge in [0.25, 0.3) is 0 Å². The summed E-state index contributed by atoms with van der Waals surface area (Å²) >= 11 is 6.24. The van der Waals surface area contributed by atoms with Crippen molar-refractivity contribution in [2.75, 3.05) is 0 Å². The van der Waals surface area contributed by atoms with Crippen molar-refractivity contribution in [3.63, 3.8) is 0 Å². The Morgan fingerprint density at radius 3 is 2.41 bits per heavy atom. The molecule has 0 radical (unpaired) electrons. The van der Waals surface area contributed by atoms with E-state index < -0.39 is 0 Å². The molecule has 2 rings (SSSR count). The van der Waals surface area contributed by atoms with Gasteiger partial charge in [-0.3, -0.25) is 0 Å². The van der Waals surface area contributed by atoms with Gasteiger partial charge in [0.1, 0.15) is 0 Å². The fourth-order valence-electron chi connectivity index (χ4n) is 2.15. The number of nitrogens with two attached hydrogens (primary N) is 1. The molecule has 0 unspecified atom stereocenters. The van der Waals surface area contributed by atoms with E-state index in [4.69, 9.17) is 17.3 Å². The molecule has 2 aromatic rings. The Morgan fingerprint density at radius 1 is 1.24 bits per heavy atom. The van der Waals surface area contributed by atoms with Crippen molar-refractivity contribution in [1.29, 1.82) is 0 Å². The van der Waals surface area contributed by atoms with E-state index in [1.807, 2.05) is 24.3 Å². The molecule has 1 aromatic carbocycles. The predicted octanol–water partition coefficient (Wildman–Crippen LogP) is 3.85. The van der Waals surface area contributed by atoms with Crippen LogP contribution in [0.1, 0.15) is 25.6 Å². The molecule has 0 spiro atoms. The Labute approximate surface area is 107 Å². The quantitative estimate of drug-likeness (QED) is 0.879. The van der Waals surface area contributed by atoms with Crippen LogP contribution >= 0.6 is 11.6 Å².